The predicted molar refractivity (Wildman–Crippen MR) is 75.3 cm³/mol. The fourth-order valence-corrected chi connectivity index (χ4v) is 2.57. The third-order valence-corrected chi connectivity index (χ3v) is 3.68. The van der Waals surface area contributed by atoms with Crippen LogP contribution >= 0.6 is 11.6 Å². The lowest BCUT2D eigenvalue weighted by Crippen LogP contribution is -2.49. The van der Waals surface area contributed by atoms with Gasteiger partial charge in [-0.25, -0.2) is 9.78 Å². The molecule has 1 aromatic heterocycles. The maximum absolute atomic E-state index is 11.9. The molecule has 108 valence electrons. The molecule has 0 bridgehead atoms. The first-order chi connectivity index (χ1) is 9.54. The van der Waals surface area contributed by atoms with E-state index >= 15 is 0 Å². The number of halogens is 1. The maximum Gasteiger partial charge on any atom is 0.356 e. The summed E-state index contributed by atoms with van der Waals surface area (Å²) in [5, 5.41) is 11.8. The van der Waals surface area contributed by atoms with Crippen LogP contribution in [0.2, 0.25) is 5.02 Å². The number of amides is 1. The monoisotopic (exact) mass is 297 g/mol. The summed E-state index contributed by atoms with van der Waals surface area (Å²) in [6.07, 6.45) is 2.64. The van der Waals surface area contributed by atoms with E-state index in [2.05, 4.69) is 10.3 Å². The molecule has 0 radical (unpaired) electrons. The quantitative estimate of drug-likeness (QED) is 0.884. The van der Waals surface area contributed by atoms with E-state index in [9.17, 15) is 9.59 Å². The third kappa shape index (κ3) is 2.85. The van der Waals surface area contributed by atoms with Crippen molar-refractivity contribution in [3.8, 4) is 0 Å². The standard InChI is InChI=1S/C13H16ClN3O3/c1-15-12(18)9-4-2-3-7-17(9)10-6-5-8(14)11(16-10)13(19)20/h5-6,9H,2-4,7H2,1H3,(H,15,18)(H,19,20). The molecule has 1 fully saturated rings. The molecule has 6 nitrogen and oxygen atoms in total. The number of rotatable bonds is 3. The Morgan fingerprint density at radius 2 is 2.20 bits per heavy atom. The van der Waals surface area contributed by atoms with Gasteiger partial charge >= 0.3 is 5.97 Å². The molecule has 0 saturated carbocycles. The second kappa shape index (κ2) is 6.09. The van der Waals surface area contributed by atoms with E-state index in [1.54, 1.807) is 13.1 Å². The average molecular weight is 298 g/mol. The largest absolute Gasteiger partial charge is 0.476 e. The van der Waals surface area contributed by atoms with E-state index in [4.69, 9.17) is 16.7 Å². The van der Waals surface area contributed by atoms with E-state index in [1.807, 2.05) is 4.90 Å². The molecule has 2 heterocycles. The van der Waals surface area contributed by atoms with E-state index in [0.29, 0.717) is 12.4 Å². The second-order valence-corrected chi connectivity index (χ2v) is 5.03. The topological polar surface area (TPSA) is 82.5 Å². The molecule has 1 unspecified atom stereocenters. The van der Waals surface area contributed by atoms with Crippen molar-refractivity contribution in [2.45, 2.75) is 25.3 Å². The number of carboxylic acid groups (broad SMARTS) is 1. The SMILES string of the molecule is CNC(=O)C1CCCCN1c1ccc(Cl)c(C(=O)O)n1. The molecular formula is C13H16ClN3O3. The normalized spacial score (nSPS) is 18.7. The highest BCUT2D eigenvalue weighted by Gasteiger charge is 2.29. The van der Waals surface area contributed by atoms with Crippen molar-refractivity contribution in [3.63, 3.8) is 0 Å². The number of nitrogens with zero attached hydrogens (tertiary/aromatic N) is 2. The number of likely N-dealkylation sites (N-methyl/N-ethyl adjacent to an activating group) is 1. The Morgan fingerprint density at radius 1 is 1.45 bits per heavy atom. The van der Waals surface area contributed by atoms with E-state index in [1.165, 1.54) is 6.07 Å². The molecule has 1 saturated heterocycles. The molecule has 20 heavy (non-hydrogen) atoms. The molecule has 0 aromatic carbocycles. The van der Waals surface area contributed by atoms with Crippen LogP contribution in [0, 0.1) is 0 Å². The molecule has 0 spiro atoms. The molecular weight excluding hydrogens is 282 g/mol. The van der Waals surface area contributed by atoms with Gasteiger partial charge in [-0.1, -0.05) is 11.6 Å². The van der Waals surface area contributed by atoms with Gasteiger partial charge in [0.15, 0.2) is 5.69 Å². The van der Waals surface area contributed by atoms with Gasteiger partial charge in [0.1, 0.15) is 11.9 Å². The number of carboxylic acids is 1. The summed E-state index contributed by atoms with van der Waals surface area (Å²) in [5.74, 6) is -0.788. The van der Waals surface area contributed by atoms with E-state index in [0.717, 1.165) is 19.3 Å². The number of hydrogen-bond donors (Lipinski definition) is 2. The maximum atomic E-state index is 11.9. The van der Waals surface area contributed by atoms with Gasteiger partial charge in [-0.3, -0.25) is 4.79 Å². The summed E-state index contributed by atoms with van der Waals surface area (Å²) in [6, 6.07) is 2.84. The van der Waals surface area contributed by atoms with Crippen LogP contribution in [0.1, 0.15) is 29.8 Å². The van der Waals surface area contributed by atoms with Gasteiger partial charge in [0, 0.05) is 13.6 Å². The molecule has 1 aliphatic rings. The van der Waals surface area contributed by atoms with Crippen LogP contribution in [0.4, 0.5) is 5.82 Å². The number of aromatic nitrogens is 1. The first-order valence-corrected chi connectivity index (χ1v) is 6.80. The minimum Gasteiger partial charge on any atom is -0.476 e. The van der Waals surface area contributed by atoms with Gasteiger partial charge < -0.3 is 15.3 Å². The van der Waals surface area contributed by atoms with Crippen molar-refractivity contribution in [1.29, 1.82) is 0 Å². The van der Waals surface area contributed by atoms with Gasteiger partial charge in [0.2, 0.25) is 5.91 Å². The highest BCUT2D eigenvalue weighted by atomic mass is 35.5. The Labute approximate surface area is 121 Å². The smallest absolute Gasteiger partial charge is 0.356 e. The lowest BCUT2D eigenvalue weighted by Gasteiger charge is -2.35. The summed E-state index contributed by atoms with van der Waals surface area (Å²) >= 11 is 5.82. The van der Waals surface area contributed by atoms with Crippen molar-refractivity contribution in [2.75, 3.05) is 18.5 Å². The molecule has 1 amide bonds. The first-order valence-electron chi connectivity index (χ1n) is 6.42. The van der Waals surface area contributed by atoms with E-state index < -0.39 is 5.97 Å². The zero-order valence-corrected chi connectivity index (χ0v) is 11.9. The highest BCUT2D eigenvalue weighted by molar-refractivity contribution is 6.33. The van der Waals surface area contributed by atoms with Crippen LogP contribution < -0.4 is 10.2 Å². The summed E-state index contributed by atoms with van der Waals surface area (Å²) in [7, 11) is 1.59. The Morgan fingerprint density at radius 3 is 2.85 bits per heavy atom. The van der Waals surface area contributed by atoms with Gasteiger partial charge in [0.25, 0.3) is 0 Å². The fourth-order valence-electron chi connectivity index (χ4n) is 2.39. The van der Waals surface area contributed by atoms with Crippen molar-refractivity contribution < 1.29 is 14.7 Å². The second-order valence-electron chi connectivity index (χ2n) is 4.62. The van der Waals surface area contributed by atoms with Crippen LogP contribution in [0.15, 0.2) is 12.1 Å². The number of aromatic carboxylic acids is 1. The van der Waals surface area contributed by atoms with Crippen LogP contribution in [-0.2, 0) is 4.79 Å². The molecule has 7 heteroatoms. The highest BCUT2D eigenvalue weighted by Crippen LogP contribution is 2.26. The van der Waals surface area contributed by atoms with Gasteiger partial charge in [0.05, 0.1) is 5.02 Å². The van der Waals surface area contributed by atoms with Crippen molar-refractivity contribution >= 4 is 29.3 Å². The molecule has 2 N–H and O–H groups in total. The molecule has 1 aliphatic heterocycles. The summed E-state index contributed by atoms with van der Waals surface area (Å²) in [6.45, 7) is 0.672. The number of carbonyl (C=O) groups is 2. The Bertz CT molecular complexity index is 536. The molecule has 1 atom stereocenters. The van der Waals surface area contributed by atoms with Gasteiger partial charge in [-0.2, -0.15) is 0 Å². The number of pyridine rings is 1. The Kier molecular flexibility index (Phi) is 4.44. The number of nitrogens with one attached hydrogen (secondary N) is 1. The minimum atomic E-state index is -1.18. The lowest BCUT2D eigenvalue weighted by atomic mass is 10.0. The zero-order chi connectivity index (χ0) is 14.7. The van der Waals surface area contributed by atoms with Crippen LogP contribution in [0.5, 0.6) is 0 Å². The average Bonchev–Trinajstić information content (AvgIpc) is 2.46. The number of piperidine rings is 1. The van der Waals surface area contributed by atoms with Gasteiger partial charge in [-0.15, -0.1) is 0 Å². The number of hydrogen-bond acceptors (Lipinski definition) is 4. The minimum absolute atomic E-state index is 0.0849. The zero-order valence-electron chi connectivity index (χ0n) is 11.1. The first kappa shape index (κ1) is 14.6. The van der Waals surface area contributed by atoms with Crippen molar-refractivity contribution in [1.82, 2.24) is 10.3 Å². The van der Waals surface area contributed by atoms with Crippen molar-refractivity contribution in [3.05, 3.63) is 22.8 Å². The molecule has 0 aliphatic carbocycles. The van der Waals surface area contributed by atoms with Crippen LogP contribution in [-0.4, -0.2) is 41.6 Å². The predicted octanol–water partition coefficient (Wildman–Crippen LogP) is 1.54. The Balaban J connectivity index is 2.35. The molecule has 1 aromatic rings. The van der Waals surface area contributed by atoms with Crippen LogP contribution in [0.25, 0.3) is 0 Å². The third-order valence-electron chi connectivity index (χ3n) is 3.38. The van der Waals surface area contributed by atoms with Crippen LogP contribution in [0.3, 0.4) is 0 Å². The fraction of sp³-hybridized carbons (Fsp3) is 0.462. The summed E-state index contributed by atoms with van der Waals surface area (Å²) in [4.78, 5) is 28.9. The van der Waals surface area contributed by atoms with E-state index in [-0.39, 0.29) is 22.7 Å². The van der Waals surface area contributed by atoms with Crippen molar-refractivity contribution in [2.24, 2.45) is 0 Å². The Hall–Kier alpha value is -1.82. The number of carbonyl (C=O) groups excluding carboxylic acids is 1. The number of anilines is 1. The summed E-state index contributed by atoms with van der Waals surface area (Å²) < 4.78 is 0. The molecule has 2 rings (SSSR count). The summed E-state index contributed by atoms with van der Waals surface area (Å²) in [5.41, 5.74) is -0.189. The lowest BCUT2D eigenvalue weighted by molar-refractivity contribution is -0.122. The van der Waals surface area contributed by atoms with Gasteiger partial charge in [-0.05, 0) is 31.4 Å².